The molecule has 1 aliphatic carbocycles. The fourth-order valence-electron chi connectivity index (χ4n) is 2.04. The second-order valence-corrected chi connectivity index (χ2v) is 5.15. The van der Waals surface area contributed by atoms with Crippen molar-refractivity contribution < 1.29 is 0 Å². The molecule has 1 aliphatic rings. The first-order valence-electron chi connectivity index (χ1n) is 4.76. The van der Waals surface area contributed by atoms with Crippen LogP contribution in [0, 0.1) is 0 Å². The summed E-state index contributed by atoms with van der Waals surface area (Å²) < 4.78 is 0. The Balaban J connectivity index is 2.28. The van der Waals surface area contributed by atoms with E-state index >= 15 is 0 Å². The molecule has 0 radical (unpaired) electrons. The predicted octanol–water partition coefficient (Wildman–Crippen LogP) is 4.87. The number of alkyl halides is 1. The van der Waals surface area contributed by atoms with E-state index in [0.717, 1.165) is 24.8 Å². The molecule has 1 aromatic carbocycles. The minimum atomic E-state index is 0.301. The van der Waals surface area contributed by atoms with Gasteiger partial charge in [-0.3, -0.25) is 0 Å². The summed E-state index contributed by atoms with van der Waals surface area (Å²) in [5, 5.41) is 1.64. The van der Waals surface area contributed by atoms with Crippen molar-refractivity contribution in [3.05, 3.63) is 33.8 Å². The SMILES string of the molecule is Clc1cccc(C2CCC(Cl)C2)c1Cl. The topological polar surface area (TPSA) is 0 Å². The smallest absolute Gasteiger partial charge is 0.0627 e. The van der Waals surface area contributed by atoms with Crippen molar-refractivity contribution in [1.82, 2.24) is 0 Å². The first-order chi connectivity index (χ1) is 6.68. The van der Waals surface area contributed by atoms with E-state index in [0.29, 0.717) is 21.3 Å². The van der Waals surface area contributed by atoms with E-state index in [4.69, 9.17) is 34.8 Å². The Morgan fingerprint density at radius 1 is 1.14 bits per heavy atom. The first-order valence-corrected chi connectivity index (χ1v) is 5.95. The molecule has 0 aromatic heterocycles. The molecular weight excluding hydrogens is 238 g/mol. The summed E-state index contributed by atoms with van der Waals surface area (Å²) in [6, 6.07) is 5.82. The molecule has 1 aromatic rings. The van der Waals surface area contributed by atoms with Gasteiger partial charge >= 0.3 is 0 Å². The fraction of sp³-hybridized carbons (Fsp3) is 0.455. The zero-order valence-corrected chi connectivity index (χ0v) is 9.91. The minimum absolute atomic E-state index is 0.301. The molecule has 3 heteroatoms. The standard InChI is InChI=1S/C11H11Cl3/c12-8-5-4-7(6-8)9-2-1-3-10(13)11(9)14/h1-3,7-8H,4-6H2. The first kappa shape index (κ1) is 10.6. The second-order valence-electron chi connectivity index (χ2n) is 3.75. The molecule has 0 aliphatic heterocycles. The molecule has 76 valence electrons. The van der Waals surface area contributed by atoms with E-state index in [1.807, 2.05) is 18.2 Å². The maximum Gasteiger partial charge on any atom is 0.0627 e. The van der Waals surface area contributed by atoms with Gasteiger partial charge in [0.1, 0.15) is 0 Å². The van der Waals surface area contributed by atoms with E-state index in [-0.39, 0.29) is 0 Å². The van der Waals surface area contributed by atoms with Crippen molar-refractivity contribution in [2.24, 2.45) is 0 Å². The summed E-state index contributed by atoms with van der Waals surface area (Å²) in [4.78, 5) is 0. The van der Waals surface area contributed by atoms with Crippen LogP contribution < -0.4 is 0 Å². The highest BCUT2D eigenvalue weighted by molar-refractivity contribution is 6.42. The van der Waals surface area contributed by atoms with E-state index in [1.165, 1.54) is 0 Å². The summed E-state index contributed by atoms with van der Waals surface area (Å²) in [7, 11) is 0. The van der Waals surface area contributed by atoms with Gasteiger partial charge in [-0.05, 0) is 36.8 Å². The van der Waals surface area contributed by atoms with Gasteiger partial charge in [-0.25, -0.2) is 0 Å². The third-order valence-corrected chi connectivity index (χ3v) is 4.02. The average molecular weight is 250 g/mol. The Hall–Kier alpha value is 0.0900. The normalized spacial score (nSPS) is 26.8. The summed E-state index contributed by atoms with van der Waals surface area (Å²) in [6.45, 7) is 0. The molecular formula is C11H11Cl3. The van der Waals surface area contributed by atoms with Gasteiger partial charge in [-0.1, -0.05) is 35.3 Å². The fourth-order valence-corrected chi connectivity index (χ4v) is 2.85. The molecule has 14 heavy (non-hydrogen) atoms. The molecule has 0 nitrogen and oxygen atoms in total. The van der Waals surface area contributed by atoms with Crippen molar-refractivity contribution in [2.75, 3.05) is 0 Å². The largest absolute Gasteiger partial charge is 0.123 e. The highest BCUT2D eigenvalue weighted by Gasteiger charge is 2.26. The molecule has 2 rings (SSSR count). The van der Waals surface area contributed by atoms with E-state index in [2.05, 4.69) is 0 Å². The van der Waals surface area contributed by atoms with Gasteiger partial charge in [0, 0.05) is 5.38 Å². The molecule has 0 N–H and O–H groups in total. The lowest BCUT2D eigenvalue weighted by Gasteiger charge is -2.12. The lowest BCUT2D eigenvalue weighted by atomic mass is 9.98. The summed E-state index contributed by atoms with van der Waals surface area (Å²) >= 11 is 18.2. The molecule has 0 heterocycles. The monoisotopic (exact) mass is 248 g/mol. The van der Waals surface area contributed by atoms with Gasteiger partial charge in [-0.15, -0.1) is 11.6 Å². The number of rotatable bonds is 1. The Morgan fingerprint density at radius 2 is 1.93 bits per heavy atom. The number of hydrogen-bond acceptors (Lipinski definition) is 0. The van der Waals surface area contributed by atoms with Crippen molar-refractivity contribution in [2.45, 2.75) is 30.6 Å². The molecule has 0 saturated heterocycles. The molecule has 1 saturated carbocycles. The van der Waals surface area contributed by atoms with Crippen molar-refractivity contribution in [3.8, 4) is 0 Å². The van der Waals surface area contributed by atoms with Gasteiger partial charge in [0.05, 0.1) is 10.0 Å². The van der Waals surface area contributed by atoms with Crippen LogP contribution in [0.15, 0.2) is 18.2 Å². The zero-order valence-electron chi connectivity index (χ0n) is 7.64. The van der Waals surface area contributed by atoms with Crippen molar-refractivity contribution in [1.29, 1.82) is 0 Å². The lowest BCUT2D eigenvalue weighted by Crippen LogP contribution is -1.95. The van der Waals surface area contributed by atoms with Crippen LogP contribution in [-0.4, -0.2) is 5.38 Å². The van der Waals surface area contributed by atoms with Gasteiger partial charge in [0.15, 0.2) is 0 Å². The number of halogens is 3. The van der Waals surface area contributed by atoms with Crippen LogP contribution in [0.25, 0.3) is 0 Å². The lowest BCUT2D eigenvalue weighted by molar-refractivity contribution is 0.724. The average Bonchev–Trinajstić information content (AvgIpc) is 2.57. The minimum Gasteiger partial charge on any atom is -0.123 e. The van der Waals surface area contributed by atoms with Gasteiger partial charge in [0.2, 0.25) is 0 Å². The van der Waals surface area contributed by atoms with Crippen molar-refractivity contribution >= 4 is 34.8 Å². The van der Waals surface area contributed by atoms with E-state index in [1.54, 1.807) is 0 Å². The van der Waals surface area contributed by atoms with E-state index < -0.39 is 0 Å². The number of benzene rings is 1. The van der Waals surface area contributed by atoms with Crippen LogP contribution in [0.4, 0.5) is 0 Å². The predicted molar refractivity (Wildman–Crippen MR) is 62.7 cm³/mol. The third kappa shape index (κ3) is 2.03. The molecule has 0 spiro atoms. The van der Waals surface area contributed by atoms with Gasteiger partial charge < -0.3 is 0 Å². The Kier molecular flexibility index (Phi) is 3.26. The maximum absolute atomic E-state index is 6.15. The van der Waals surface area contributed by atoms with Crippen LogP contribution in [0.1, 0.15) is 30.7 Å². The quantitative estimate of drug-likeness (QED) is 0.623. The van der Waals surface area contributed by atoms with Crippen LogP contribution in [0.2, 0.25) is 10.0 Å². The zero-order chi connectivity index (χ0) is 10.1. The molecule has 0 bridgehead atoms. The van der Waals surface area contributed by atoms with Crippen LogP contribution in [0.5, 0.6) is 0 Å². The molecule has 2 unspecified atom stereocenters. The van der Waals surface area contributed by atoms with Crippen LogP contribution >= 0.6 is 34.8 Å². The highest BCUT2D eigenvalue weighted by Crippen LogP contribution is 2.41. The Morgan fingerprint density at radius 3 is 2.57 bits per heavy atom. The van der Waals surface area contributed by atoms with Gasteiger partial charge in [0.25, 0.3) is 0 Å². The maximum atomic E-state index is 6.15. The van der Waals surface area contributed by atoms with Crippen molar-refractivity contribution in [3.63, 3.8) is 0 Å². The summed E-state index contributed by atoms with van der Waals surface area (Å²) in [5.74, 6) is 0.490. The summed E-state index contributed by atoms with van der Waals surface area (Å²) in [6.07, 6.45) is 3.21. The molecule has 2 atom stereocenters. The van der Waals surface area contributed by atoms with Crippen LogP contribution in [-0.2, 0) is 0 Å². The molecule has 0 amide bonds. The number of hydrogen-bond donors (Lipinski definition) is 0. The molecule has 1 fully saturated rings. The summed E-state index contributed by atoms with van der Waals surface area (Å²) in [5.41, 5.74) is 1.15. The third-order valence-electron chi connectivity index (χ3n) is 2.79. The van der Waals surface area contributed by atoms with Crippen LogP contribution in [0.3, 0.4) is 0 Å². The second kappa shape index (κ2) is 4.30. The highest BCUT2D eigenvalue weighted by atomic mass is 35.5. The Labute approximate surface area is 99.2 Å². The Bertz CT molecular complexity index is 335. The van der Waals surface area contributed by atoms with Gasteiger partial charge in [-0.2, -0.15) is 0 Å². The van der Waals surface area contributed by atoms with E-state index in [9.17, 15) is 0 Å².